The van der Waals surface area contributed by atoms with Gasteiger partial charge in [0.1, 0.15) is 0 Å². The summed E-state index contributed by atoms with van der Waals surface area (Å²) in [5.41, 5.74) is 1.46. The maximum absolute atomic E-state index is 3.73. The molecule has 1 atom stereocenters. The van der Waals surface area contributed by atoms with Crippen molar-refractivity contribution >= 4 is 0 Å². The fourth-order valence-corrected chi connectivity index (χ4v) is 3.25. The summed E-state index contributed by atoms with van der Waals surface area (Å²) in [5, 5.41) is 3.73. The highest BCUT2D eigenvalue weighted by molar-refractivity contribution is 5.16. The van der Waals surface area contributed by atoms with Crippen molar-refractivity contribution in [3.8, 4) is 0 Å². The Labute approximate surface area is 130 Å². The summed E-state index contributed by atoms with van der Waals surface area (Å²) in [6.45, 7) is 7.23. The first-order valence-corrected chi connectivity index (χ1v) is 8.88. The molecule has 0 amide bonds. The third-order valence-electron chi connectivity index (χ3n) is 4.47. The molecule has 1 N–H and O–H groups in total. The van der Waals surface area contributed by atoms with E-state index < -0.39 is 0 Å². The van der Waals surface area contributed by atoms with Gasteiger partial charge in [0, 0.05) is 12.6 Å². The van der Waals surface area contributed by atoms with Gasteiger partial charge >= 0.3 is 0 Å². The van der Waals surface area contributed by atoms with Crippen molar-refractivity contribution in [2.45, 2.75) is 57.9 Å². The third kappa shape index (κ3) is 6.62. The summed E-state index contributed by atoms with van der Waals surface area (Å²) in [4.78, 5) is 2.68. The highest BCUT2D eigenvalue weighted by atomic mass is 15.2. The first-order valence-electron chi connectivity index (χ1n) is 8.88. The normalized spacial score (nSPS) is 20.3. The van der Waals surface area contributed by atoms with E-state index in [0.717, 1.165) is 6.42 Å². The first-order chi connectivity index (χ1) is 10.4. The van der Waals surface area contributed by atoms with Gasteiger partial charge in [-0.25, -0.2) is 0 Å². The zero-order chi connectivity index (χ0) is 14.8. The molecular formula is C19H32N2. The third-order valence-corrected chi connectivity index (χ3v) is 4.47. The van der Waals surface area contributed by atoms with Crippen molar-refractivity contribution in [3.05, 3.63) is 35.9 Å². The maximum Gasteiger partial charge on any atom is 0.0235 e. The SMILES string of the molecule is CCCCCCCN1CCCNC(Cc2ccccc2)C1. The molecule has 0 aliphatic carbocycles. The standard InChI is InChI=1S/C19H32N2/c1-2-3-4-5-9-14-21-15-10-13-20-19(17-21)16-18-11-7-6-8-12-18/h6-8,11-12,19-20H,2-5,9-10,13-17H2,1H3. The van der Waals surface area contributed by atoms with Crippen LogP contribution in [0.25, 0.3) is 0 Å². The lowest BCUT2D eigenvalue weighted by Gasteiger charge is -2.24. The van der Waals surface area contributed by atoms with E-state index in [9.17, 15) is 0 Å². The van der Waals surface area contributed by atoms with Gasteiger partial charge in [0.05, 0.1) is 0 Å². The molecule has 1 unspecified atom stereocenters. The van der Waals surface area contributed by atoms with E-state index in [-0.39, 0.29) is 0 Å². The second-order valence-electron chi connectivity index (χ2n) is 6.41. The molecule has 1 aliphatic rings. The second kappa shape index (κ2) is 9.97. The Balaban J connectivity index is 1.73. The van der Waals surface area contributed by atoms with Gasteiger partial charge in [-0.1, -0.05) is 62.9 Å². The number of nitrogens with one attached hydrogen (secondary N) is 1. The van der Waals surface area contributed by atoms with Crippen LogP contribution in [0.2, 0.25) is 0 Å². The molecule has 1 saturated heterocycles. The smallest absolute Gasteiger partial charge is 0.0235 e. The van der Waals surface area contributed by atoms with Crippen LogP contribution < -0.4 is 5.32 Å². The van der Waals surface area contributed by atoms with Crippen LogP contribution in [0, 0.1) is 0 Å². The van der Waals surface area contributed by atoms with Crippen LogP contribution in [0.5, 0.6) is 0 Å². The molecule has 2 heteroatoms. The van der Waals surface area contributed by atoms with Crippen molar-refractivity contribution in [2.24, 2.45) is 0 Å². The monoisotopic (exact) mass is 288 g/mol. The summed E-state index contributed by atoms with van der Waals surface area (Å²) < 4.78 is 0. The van der Waals surface area contributed by atoms with Gasteiger partial charge in [-0.15, -0.1) is 0 Å². The van der Waals surface area contributed by atoms with Crippen molar-refractivity contribution in [2.75, 3.05) is 26.2 Å². The number of hydrogen-bond acceptors (Lipinski definition) is 2. The molecule has 118 valence electrons. The summed E-state index contributed by atoms with van der Waals surface area (Å²) in [6.07, 6.45) is 9.38. The molecule has 21 heavy (non-hydrogen) atoms. The summed E-state index contributed by atoms with van der Waals surface area (Å²) >= 11 is 0. The quantitative estimate of drug-likeness (QED) is 0.731. The van der Waals surface area contributed by atoms with Crippen LogP contribution in [0.4, 0.5) is 0 Å². The Hall–Kier alpha value is -0.860. The van der Waals surface area contributed by atoms with Crippen molar-refractivity contribution in [1.82, 2.24) is 10.2 Å². The minimum atomic E-state index is 0.616. The Bertz CT molecular complexity index is 363. The van der Waals surface area contributed by atoms with Gasteiger partial charge in [-0.3, -0.25) is 0 Å². The lowest BCUT2D eigenvalue weighted by molar-refractivity contribution is 0.260. The van der Waals surface area contributed by atoms with Crippen LogP contribution in [-0.4, -0.2) is 37.1 Å². The molecule has 0 radical (unpaired) electrons. The molecule has 2 rings (SSSR count). The minimum Gasteiger partial charge on any atom is -0.312 e. The van der Waals surface area contributed by atoms with Crippen LogP contribution in [0.1, 0.15) is 51.0 Å². The lowest BCUT2D eigenvalue weighted by atomic mass is 10.1. The van der Waals surface area contributed by atoms with Crippen LogP contribution in [-0.2, 0) is 6.42 Å². The summed E-state index contributed by atoms with van der Waals surface area (Å²) in [6, 6.07) is 11.5. The molecule has 1 aliphatic heterocycles. The zero-order valence-electron chi connectivity index (χ0n) is 13.7. The molecule has 0 saturated carbocycles. The number of unbranched alkanes of at least 4 members (excludes halogenated alkanes) is 4. The molecule has 0 spiro atoms. The second-order valence-corrected chi connectivity index (χ2v) is 6.41. The maximum atomic E-state index is 3.73. The Kier molecular flexibility index (Phi) is 7.83. The molecular weight excluding hydrogens is 256 g/mol. The van der Waals surface area contributed by atoms with Gasteiger partial charge in [0.15, 0.2) is 0 Å². The number of hydrogen-bond donors (Lipinski definition) is 1. The molecule has 0 aromatic heterocycles. The van der Waals surface area contributed by atoms with Gasteiger partial charge < -0.3 is 10.2 Å². The highest BCUT2D eigenvalue weighted by Gasteiger charge is 2.17. The molecule has 1 heterocycles. The number of rotatable bonds is 8. The average molecular weight is 288 g/mol. The fourth-order valence-electron chi connectivity index (χ4n) is 3.25. The molecule has 0 bridgehead atoms. The van der Waals surface area contributed by atoms with E-state index in [4.69, 9.17) is 0 Å². The topological polar surface area (TPSA) is 15.3 Å². The molecule has 1 fully saturated rings. The Morgan fingerprint density at radius 1 is 1.10 bits per heavy atom. The average Bonchev–Trinajstić information content (AvgIpc) is 2.73. The van der Waals surface area contributed by atoms with Crippen molar-refractivity contribution in [3.63, 3.8) is 0 Å². The predicted octanol–water partition coefficient (Wildman–Crippen LogP) is 3.86. The first kappa shape index (κ1) is 16.5. The number of nitrogens with zero attached hydrogens (tertiary/aromatic N) is 1. The van der Waals surface area contributed by atoms with Gasteiger partial charge in [0.2, 0.25) is 0 Å². The van der Waals surface area contributed by atoms with Crippen LogP contribution in [0.15, 0.2) is 30.3 Å². The van der Waals surface area contributed by atoms with Crippen LogP contribution >= 0.6 is 0 Å². The molecule has 1 aromatic carbocycles. The van der Waals surface area contributed by atoms with Crippen LogP contribution in [0.3, 0.4) is 0 Å². The largest absolute Gasteiger partial charge is 0.312 e. The van der Waals surface area contributed by atoms with E-state index in [2.05, 4.69) is 47.5 Å². The van der Waals surface area contributed by atoms with Crippen molar-refractivity contribution in [1.29, 1.82) is 0 Å². The van der Waals surface area contributed by atoms with Gasteiger partial charge in [-0.2, -0.15) is 0 Å². The lowest BCUT2D eigenvalue weighted by Crippen LogP contribution is -2.39. The molecule has 1 aromatic rings. The summed E-state index contributed by atoms with van der Waals surface area (Å²) in [7, 11) is 0. The van der Waals surface area contributed by atoms with Gasteiger partial charge in [-0.05, 0) is 44.5 Å². The van der Waals surface area contributed by atoms with Crippen molar-refractivity contribution < 1.29 is 0 Å². The fraction of sp³-hybridized carbons (Fsp3) is 0.684. The van der Waals surface area contributed by atoms with Gasteiger partial charge in [0.25, 0.3) is 0 Å². The predicted molar refractivity (Wildman–Crippen MR) is 91.8 cm³/mol. The van der Waals surface area contributed by atoms with E-state index in [0.29, 0.717) is 6.04 Å². The number of benzene rings is 1. The highest BCUT2D eigenvalue weighted by Crippen LogP contribution is 2.10. The summed E-state index contributed by atoms with van der Waals surface area (Å²) in [5.74, 6) is 0. The Morgan fingerprint density at radius 3 is 2.71 bits per heavy atom. The van der Waals surface area contributed by atoms with E-state index in [1.165, 1.54) is 70.3 Å². The zero-order valence-corrected chi connectivity index (χ0v) is 13.7. The molecule has 2 nitrogen and oxygen atoms in total. The van der Waals surface area contributed by atoms with E-state index in [1.807, 2.05) is 0 Å². The van der Waals surface area contributed by atoms with E-state index in [1.54, 1.807) is 0 Å². The Morgan fingerprint density at radius 2 is 1.90 bits per heavy atom. The minimum absolute atomic E-state index is 0.616. The van der Waals surface area contributed by atoms with E-state index >= 15 is 0 Å².